The van der Waals surface area contributed by atoms with Crippen LogP contribution in [-0.4, -0.2) is 49.3 Å². The van der Waals surface area contributed by atoms with Crippen molar-refractivity contribution in [2.45, 2.75) is 77.4 Å². The lowest BCUT2D eigenvalue weighted by atomic mass is 9.79. The van der Waals surface area contributed by atoms with Crippen molar-refractivity contribution in [1.82, 2.24) is 14.9 Å². The van der Waals surface area contributed by atoms with Gasteiger partial charge in [-0.05, 0) is 74.4 Å². The molecule has 45 heavy (non-hydrogen) atoms. The van der Waals surface area contributed by atoms with Gasteiger partial charge in [-0.1, -0.05) is 78.9 Å². The van der Waals surface area contributed by atoms with E-state index in [9.17, 15) is 14.4 Å². The summed E-state index contributed by atoms with van der Waals surface area (Å²) in [4.78, 5) is 53.3. The van der Waals surface area contributed by atoms with Crippen molar-refractivity contribution in [2.24, 2.45) is 5.41 Å². The molecule has 3 amide bonds. The van der Waals surface area contributed by atoms with Crippen LogP contribution in [0.5, 0.6) is 0 Å². The van der Waals surface area contributed by atoms with Crippen LogP contribution in [0, 0.1) is 5.41 Å². The predicted molar refractivity (Wildman–Crippen MR) is 182 cm³/mol. The van der Waals surface area contributed by atoms with Gasteiger partial charge in [0, 0.05) is 41.0 Å². The third-order valence-electron chi connectivity index (χ3n) is 9.01. The van der Waals surface area contributed by atoms with Crippen LogP contribution in [0.3, 0.4) is 0 Å². The molecular formula is C36H39IN4O4. The molecule has 3 heterocycles. The van der Waals surface area contributed by atoms with E-state index >= 15 is 0 Å². The van der Waals surface area contributed by atoms with Crippen molar-refractivity contribution in [3.63, 3.8) is 0 Å². The summed E-state index contributed by atoms with van der Waals surface area (Å²) in [5.74, 6) is 0.153. The third-order valence-corrected chi connectivity index (χ3v) is 10.9. The van der Waals surface area contributed by atoms with Gasteiger partial charge >= 0.3 is 6.09 Å². The first-order valence-electron chi connectivity index (χ1n) is 15.5. The smallest absolute Gasteiger partial charge is 0.423 e. The summed E-state index contributed by atoms with van der Waals surface area (Å²) in [5.41, 5.74) is 3.81. The van der Waals surface area contributed by atoms with Crippen molar-refractivity contribution in [3.8, 4) is 0 Å². The number of anilines is 1. The second-order valence-corrected chi connectivity index (χ2v) is 14.7. The highest BCUT2D eigenvalue weighted by atomic mass is 127. The molecule has 0 saturated carbocycles. The van der Waals surface area contributed by atoms with Crippen LogP contribution in [0.15, 0.2) is 60.9 Å². The zero-order chi connectivity index (χ0) is 32.1. The number of amides is 3. The van der Waals surface area contributed by atoms with E-state index in [1.807, 2.05) is 43.2 Å². The number of fused-ring (bicyclic) bond motifs is 4. The van der Waals surface area contributed by atoms with Crippen molar-refractivity contribution in [1.29, 1.82) is 0 Å². The first kappa shape index (κ1) is 31.4. The Morgan fingerprint density at radius 1 is 1.09 bits per heavy atom. The van der Waals surface area contributed by atoms with Crippen molar-refractivity contribution < 1.29 is 19.1 Å². The second-order valence-electron chi connectivity index (χ2n) is 13.9. The summed E-state index contributed by atoms with van der Waals surface area (Å²) in [7, 11) is 0. The quantitative estimate of drug-likeness (QED) is 0.206. The normalized spacial score (nSPS) is 20.4. The molecule has 1 aromatic carbocycles. The number of hydrogen-bond acceptors (Lipinski definition) is 6. The summed E-state index contributed by atoms with van der Waals surface area (Å²) >= 11 is 2.30. The molecule has 0 fully saturated rings. The fourth-order valence-electron chi connectivity index (χ4n) is 6.79. The third kappa shape index (κ3) is 5.68. The maximum absolute atomic E-state index is 14.0. The molecule has 2 atom stereocenters. The second kappa shape index (κ2) is 11.6. The number of hydrogen-bond donors (Lipinski definition) is 0. The molecule has 3 aromatic rings. The standard InChI is InChI=1S/C36H39IN4O4/c1-34(2,3)45-33(44)41-30-27(13-8-16-38-30)36(32(41)43)19-25-18-23(21-39-28(25)20-36)10-9-17-40(31(42)35(4,5)22-37)29-15-14-24-11-6-7-12-26(24)29/h6-13,16,18,21,29H,14-15,17,19-20,22H2,1-5H3/t29-,36+/m1/s1. The number of rotatable bonds is 6. The average molecular weight is 719 g/mol. The van der Waals surface area contributed by atoms with E-state index < -0.39 is 22.5 Å². The lowest BCUT2D eigenvalue weighted by molar-refractivity contribution is -0.141. The summed E-state index contributed by atoms with van der Waals surface area (Å²) in [5, 5.41) is 0. The molecule has 0 radical (unpaired) electrons. The number of carbonyl (C=O) groups excluding carboxylic acids is 3. The van der Waals surface area contributed by atoms with E-state index in [1.165, 1.54) is 11.1 Å². The van der Waals surface area contributed by atoms with E-state index in [0.717, 1.165) is 44.6 Å². The van der Waals surface area contributed by atoms with Gasteiger partial charge in [0.2, 0.25) is 11.8 Å². The fourth-order valence-corrected chi connectivity index (χ4v) is 7.11. The summed E-state index contributed by atoms with van der Waals surface area (Å²) in [6.45, 7) is 9.84. The number of aromatic nitrogens is 2. The van der Waals surface area contributed by atoms with E-state index in [4.69, 9.17) is 9.72 Å². The Hall–Kier alpha value is -3.60. The van der Waals surface area contributed by atoms with Crippen LogP contribution in [0.1, 0.15) is 80.6 Å². The Bertz CT molecular complexity index is 1710. The number of aryl methyl sites for hydroxylation is 1. The summed E-state index contributed by atoms with van der Waals surface area (Å²) in [6.07, 6.45) is 9.43. The molecule has 0 bridgehead atoms. The van der Waals surface area contributed by atoms with Gasteiger partial charge in [0.1, 0.15) is 11.4 Å². The Kier molecular flexibility index (Phi) is 8.12. The van der Waals surface area contributed by atoms with Gasteiger partial charge in [-0.15, -0.1) is 0 Å². The number of pyridine rings is 2. The van der Waals surface area contributed by atoms with E-state index in [1.54, 1.807) is 33.0 Å². The predicted octanol–water partition coefficient (Wildman–Crippen LogP) is 6.79. The molecule has 0 saturated heterocycles. The SMILES string of the molecule is CC(C)(C)OC(=O)N1C(=O)[C@]2(Cc3cc(C=CCN(C(=O)C(C)(C)CI)[C@@H]4CCc5ccccc54)cnc3C2)c2cccnc21. The number of alkyl halides is 1. The minimum absolute atomic E-state index is 0.0496. The van der Waals surface area contributed by atoms with E-state index in [0.29, 0.717) is 25.2 Å². The number of nitrogens with zero attached hydrogens (tertiary/aromatic N) is 4. The van der Waals surface area contributed by atoms with Gasteiger partial charge in [-0.25, -0.2) is 9.78 Å². The monoisotopic (exact) mass is 718 g/mol. The van der Waals surface area contributed by atoms with Crippen molar-refractivity contribution in [2.75, 3.05) is 15.9 Å². The number of carbonyl (C=O) groups is 3. The van der Waals surface area contributed by atoms with Crippen molar-refractivity contribution >= 4 is 52.4 Å². The number of ether oxygens (including phenoxy) is 1. The molecule has 9 heteroatoms. The molecule has 6 rings (SSSR count). The Balaban J connectivity index is 1.24. The van der Waals surface area contributed by atoms with Gasteiger partial charge in [-0.3, -0.25) is 14.6 Å². The van der Waals surface area contributed by atoms with Crippen LogP contribution in [0.25, 0.3) is 6.08 Å². The summed E-state index contributed by atoms with van der Waals surface area (Å²) in [6, 6.07) is 14.2. The molecule has 2 aliphatic carbocycles. The minimum atomic E-state index is -0.956. The zero-order valence-electron chi connectivity index (χ0n) is 26.5. The highest BCUT2D eigenvalue weighted by Crippen LogP contribution is 2.49. The van der Waals surface area contributed by atoms with Crippen LogP contribution < -0.4 is 4.90 Å². The molecule has 2 aromatic heterocycles. The molecule has 234 valence electrons. The van der Waals surface area contributed by atoms with Crippen molar-refractivity contribution in [3.05, 3.63) is 94.4 Å². The minimum Gasteiger partial charge on any atom is -0.443 e. The summed E-state index contributed by atoms with van der Waals surface area (Å²) < 4.78 is 6.32. The van der Waals surface area contributed by atoms with Crippen LogP contribution in [-0.2, 0) is 39.0 Å². The Morgan fingerprint density at radius 2 is 1.87 bits per heavy atom. The van der Waals surface area contributed by atoms with Crippen LogP contribution in [0.4, 0.5) is 10.6 Å². The molecule has 8 nitrogen and oxygen atoms in total. The maximum Gasteiger partial charge on any atom is 0.423 e. The number of benzene rings is 1. The maximum atomic E-state index is 14.0. The molecule has 0 unspecified atom stereocenters. The van der Waals surface area contributed by atoms with Gasteiger partial charge in [-0.2, -0.15) is 4.90 Å². The van der Waals surface area contributed by atoms with Gasteiger partial charge in [0.05, 0.1) is 16.9 Å². The number of imide groups is 1. The van der Waals surface area contributed by atoms with Crippen LogP contribution >= 0.6 is 22.6 Å². The molecule has 0 N–H and O–H groups in total. The molecule has 1 spiro atoms. The highest BCUT2D eigenvalue weighted by molar-refractivity contribution is 14.1. The fraction of sp³-hybridized carbons (Fsp3) is 0.417. The topological polar surface area (TPSA) is 92.7 Å². The highest BCUT2D eigenvalue weighted by Gasteiger charge is 2.57. The largest absolute Gasteiger partial charge is 0.443 e. The zero-order valence-corrected chi connectivity index (χ0v) is 28.6. The van der Waals surface area contributed by atoms with Gasteiger partial charge in [0.15, 0.2) is 0 Å². The average Bonchev–Trinajstić information content (AvgIpc) is 3.67. The Labute approximate surface area is 278 Å². The van der Waals surface area contributed by atoms with Gasteiger partial charge < -0.3 is 9.64 Å². The van der Waals surface area contributed by atoms with E-state index in [-0.39, 0.29) is 17.9 Å². The number of halogens is 1. The molecular weight excluding hydrogens is 679 g/mol. The lowest BCUT2D eigenvalue weighted by Crippen LogP contribution is -2.46. The van der Waals surface area contributed by atoms with Crippen LogP contribution in [0.2, 0.25) is 0 Å². The lowest BCUT2D eigenvalue weighted by Gasteiger charge is -2.35. The van der Waals surface area contributed by atoms with Gasteiger partial charge in [0.25, 0.3) is 0 Å². The Morgan fingerprint density at radius 3 is 2.62 bits per heavy atom. The van der Waals surface area contributed by atoms with E-state index in [2.05, 4.69) is 57.9 Å². The first-order chi connectivity index (χ1) is 21.3. The molecule has 1 aliphatic heterocycles. The first-order valence-corrected chi connectivity index (χ1v) is 17.0. The molecule has 3 aliphatic rings.